The first-order chi connectivity index (χ1) is 6.33. The number of aromatic nitrogens is 2. The molecule has 0 amide bonds. The Morgan fingerprint density at radius 1 is 1.38 bits per heavy atom. The highest BCUT2D eigenvalue weighted by Crippen LogP contribution is 2.20. The molecule has 13 heavy (non-hydrogen) atoms. The minimum Gasteiger partial charge on any atom is -0.253 e. The van der Waals surface area contributed by atoms with Crippen LogP contribution in [0.2, 0.25) is 5.15 Å². The van der Waals surface area contributed by atoms with Gasteiger partial charge >= 0.3 is 0 Å². The van der Waals surface area contributed by atoms with E-state index in [1.807, 2.05) is 6.07 Å². The summed E-state index contributed by atoms with van der Waals surface area (Å²) >= 11 is 5.80. The standard InChI is InChI=1S/C9H4ClN3/c10-9-8-7(2-1-3-12-8)6(4-11)5-13-9/h1-3,5H. The molecule has 62 valence electrons. The number of rotatable bonds is 0. The number of fused-ring (bicyclic) bond motifs is 1. The number of nitrogens with zero attached hydrogens (tertiary/aromatic N) is 3. The monoisotopic (exact) mass is 189 g/mol. The van der Waals surface area contributed by atoms with Gasteiger partial charge in [-0.15, -0.1) is 0 Å². The van der Waals surface area contributed by atoms with Crippen molar-refractivity contribution < 1.29 is 0 Å². The zero-order valence-electron chi connectivity index (χ0n) is 6.53. The second-order valence-corrected chi connectivity index (χ2v) is 2.83. The van der Waals surface area contributed by atoms with Crippen LogP contribution in [0.15, 0.2) is 24.5 Å². The van der Waals surface area contributed by atoms with Gasteiger partial charge in [0.05, 0.1) is 5.56 Å². The first-order valence-electron chi connectivity index (χ1n) is 3.62. The molecule has 3 nitrogen and oxygen atoms in total. The Labute approximate surface area is 79.6 Å². The van der Waals surface area contributed by atoms with Gasteiger partial charge in [-0.25, -0.2) is 4.98 Å². The number of nitriles is 1. The molecule has 0 N–H and O–H groups in total. The normalized spacial score (nSPS) is 9.85. The van der Waals surface area contributed by atoms with Gasteiger partial charge < -0.3 is 0 Å². The SMILES string of the molecule is N#Cc1cnc(Cl)c2ncccc12. The number of pyridine rings is 2. The Morgan fingerprint density at radius 3 is 3.00 bits per heavy atom. The van der Waals surface area contributed by atoms with Crippen molar-refractivity contribution in [2.45, 2.75) is 0 Å². The molecular weight excluding hydrogens is 186 g/mol. The Hall–Kier alpha value is -1.66. The molecule has 2 heterocycles. The molecule has 0 atom stereocenters. The van der Waals surface area contributed by atoms with Crippen LogP contribution < -0.4 is 0 Å². The quantitative estimate of drug-likeness (QED) is 0.597. The highest BCUT2D eigenvalue weighted by molar-refractivity contribution is 6.33. The average Bonchev–Trinajstić information content (AvgIpc) is 2.19. The maximum atomic E-state index is 8.77. The molecule has 0 aliphatic carbocycles. The van der Waals surface area contributed by atoms with Crippen LogP contribution in [-0.4, -0.2) is 9.97 Å². The maximum absolute atomic E-state index is 8.77. The van der Waals surface area contributed by atoms with Crippen molar-refractivity contribution in [2.75, 3.05) is 0 Å². The Kier molecular flexibility index (Phi) is 1.84. The molecule has 4 heteroatoms. The molecule has 0 saturated heterocycles. The van der Waals surface area contributed by atoms with Gasteiger partial charge in [-0.05, 0) is 12.1 Å². The van der Waals surface area contributed by atoms with Gasteiger partial charge in [-0.2, -0.15) is 5.26 Å². The van der Waals surface area contributed by atoms with E-state index in [0.29, 0.717) is 16.2 Å². The molecule has 2 aromatic rings. The zero-order chi connectivity index (χ0) is 9.26. The fourth-order valence-electron chi connectivity index (χ4n) is 1.13. The molecule has 0 spiro atoms. The van der Waals surface area contributed by atoms with Crippen molar-refractivity contribution in [2.24, 2.45) is 0 Å². The summed E-state index contributed by atoms with van der Waals surface area (Å²) in [5.41, 5.74) is 1.07. The van der Waals surface area contributed by atoms with E-state index in [-0.39, 0.29) is 0 Å². The Balaban J connectivity index is 2.95. The third-order valence-electron chi connectivity index (χ3n) is 1.72. The van der Waals surface area contributed by atoms with Crippen molar-refractivity contribution in [1.29, 1.82) is 5.26 Å². The van der Waals surface area contributed by atoms with Gasteiger partial charge in [-0.1, -0.05) is 11.6 Å². The van der Waals surface area contributed by atoms with Crippen LogP contribution in [0.5, 0.6) is 0 Å². The summed E-state index contributed by atoms with van der Waals surface area (Å²) in [5.74, 6) is 0. The molecule has 0 aromatic carbocycles. The molecule has 0 fully saturated rings. The van der Waals surface area contributed by atoms with Crippen LogP contribution in [0.4, 0.5) is 0 Å². The second kappa shape index (κ2) is 3.00. The van der Waals surface area contributed by atoms with Gasteiger partial charge in [-0.3, -0.25) is 4.98 Å². The van der Waals surface area contributed by atoms with E-state index in [2.05, 4.69) is 9.97 Å². The van der Waals surface area contributed by atoms with Gasteiger partial charge in [0.15, 0.2) is 5.15 Å². The molecular formula is C9H4ClN3. The summed E-state index contributed by atoms with van der Waals surface area (Å²) in [7, 11) is 0. The maximum Gasteiger partial charge on any atom is 0.155 e. The topological polar surface area (TPSA) is 49.6 Å². The van der Waals surface area contributed by atoms with Crippen LogP contribution in [0, 0.1) is 11.3 Å². The molecule has 0 unspecified atom stereocenters. The third kappa shape index (κ3) is 1.21. The largest absolute Gasteiger partial charge is 0.253 e. The molecule has 2 aromatic heterocycles. The van der Waals surface area contributed by atoms with E-state index in [0.717, 1.165) is 5.39 Å². The summed E-state index contributed by atoms with van der Waals surface area (Å²) < 4.78 is 0. The molecule has 0 bridgehead atoms. The Morgan fingerprint density at radius 2 is 2.23 bits per heavy atom. The fraction of sp³-hybridized carbons (Fsp3) is 0. The summed E-state index contributed by atoms with van der Waals surface area (Å²) in [5, 5.41) is 9.83. The summed E-state index contributed by atoms with van der Waals surface area (Å²) in [6.45, 7) is 0. The number of hydrogen-bond acceptors (Lipinski definition) is 3. The zero-order valence-corrected chi connectivity index (χ0v) is 7.28. The van der Waals surface area contributed by atoms with E-state index in [1.54, 1.807) is 18.3 Å². The van der Waals surface area contributed by atoms with Gasteiger partial charge in [0.25, 0.3) is 0 Å². The first-order valence-corrected chi connectivity index (χ1v) is 4.00. The van der Waals surface area contributed by atoms with E-state index >= 15 is 0 Å². The van der Waals surface area contributed by atoms with E-state index in [1.165, 1.54) is 6.20 Å². The lowest BCUT2D eigenvalue weighted by Gasteiger charge is -1.98. The van der Waals surface area contributed by atoms with Crippen molar-refractivity contribution in [3.05, 3.63) is 35.2 Å². The van der Waals surface area contributed by atoms with Crippen LogP contribution in [0.25, 0.3) is 10.9 Å². The Bertz CT molecular complexity index is 502. The molecule has 0 saturated carbocycles. The van der Waals surface area contributed by atoms with Crippen molar-refractivity contribution >= 4 is 22.5 Å². The van der Waals surface area contributed by atoms with Crippen LogP contribution in [0.1, 0.15) is 5.56 Å². The lowest BCUT2D eigenvalue weighted by atomic mass is 10.2. The van der Waals surface area contributed by atoms with Crippen molar-refractivity contribution in [3.8, 4) is 6.07 Å². The highest BCUT2D eigenvalue weighted by atomic mass is 35.5. The first kappa shape index (κ1) is 7.96. The predicted octanol–water partition coefficient (Wildman–Crippen LogP) is 2.15. The highest BCUT2D eigenvalue weighted by Gasteiger charge is 2.04. The van der Waals surface area contributed by atoms with Gasteiger partial charge in [0.2, 0.25) is 0 Å². The van der Waals surface area contributed by atoms with E-state index in [9.17, 15) is 0 Å². The van der Waals surface area contributed by atoms with Crippen LogP contribution >= 0.6 is 11.6 Å². The van der Waals surface area contributed by atoms with E-state index in [4.69, 9.17) is 16.9 Å². The van der Waals surface area contributed by atoms with Gasteiger partial charge in [0.1, 0.15) is 11.6 Å². The number of halogens is 1. The summed E-state index contributed by atoms with van der Waals surface area (Å²) in [6, 6.07) is 5.60. The summed E-state index contributed by atoms with van der Waals surface area (Å²) in [4.78, 5) is 7.90. The minimum absolute atomic E-state index is 0.328. The van der Waals surface area contributed by atoms with Crippen LogP contribution in [0.3, 0.4) is 0 Å². The summed E-state index contributed by atoms with van der Waals surface area (Å²) in [6.07, 6.45) is 3.07. The fourth-order valence-corrected chi connectivity index (χ4v) is 1.33. The second-order valence-electron chi connectivity index (χ2n) is 2.47. The van der Waals surface area contributed by atoms with Gasteiger partial charge in [0, 0.05) is 17.8 Å². The molecule has 2 rings (SSSR count). The molecule has 0 radical (unpaired) electrons. The number of hydrogen-bond donors (Lipinski definition) is 0. The van der Waals surface area contributed by atoms with E-state index < -0.39 is 0 Å². The lowest BCUT2D eigenvalue weighted by molar-refractivity contribution is 1.29. The molecule has 0 aliphatic rings. The van der Waals surface area contributed by atoms with Crippen molar-refractivity contribution in [1.82, 2.24) is 9.97 Å². The third-order valence-corrected chi connectivity index (χ3v) is 2.00. The predicted molar refractivity (Wildman–Crippen MR) is 49.3 cm³/mol. The minimum atomic E-state index is 0.328. The lowest BCUT2D eigenvalue weighted by Crippen LogP contribution is -1.86. The van der Waals surface area contributed by atoms with Crippen LogP contribution in [-0.2, 0) is 0 Å². The molecule has 0 aliphatic heterocycles. The smallest absolute Gasteiger partial charge is 0.155 e. The average molecular weight is 190 g/mol. The van der Waals surface area contributed by atoms with Crippen molar-refractivity contribution in [3.63, 3.8) is 0 Å².